The van der Waals surface area contributed by atoms with Gasteiger partial charge in [0.25, 0.3) is 0 Å². The van der Waals surface area contributed by atoms with Crippen molar-refractivity contribution in [2.45, 2.75) is 43.6 Å². The fraction of sp³-hybridized carbons (Fsp3) is 0.632. The summed E-state index contributed by atoms with van der Waals surface area (Å²) < 4.78 is 38.6. The Labute approximate surface area is 146 Å². The maximum absolute atomic E-state index is 14.4. The molecule has 1 aliphatic carbocycles. The normalized spacial score (nSPS) is 25.7. The van der Waals surface area contributed by atoms with Gasteiger partial charge in [-0.2, -0.15) is 0 Å². The van der Waals surface area contributed by atoms with Crippen LogP contribution in [0.1, 0.15) is 37.7 Å². The van der Waals surface area contributed by atoms with Crippen molar-refractivity contribution in [3.63, 3.8) is 0 Å². The lowest BCUT2D eigenvalue weighted by molar-refractivity contribution is -0.131. The molecular formula is C19H25F2NO3. The number of carbonyl (C=O) groups excluding carboxylic acids is 1. The van der Waals surface area contributed by atoms with Gasteiger partial charge >= 0.3 is 0 Å². The van der Waals surface area contributed by atoms with Gasteiger partial charge in [0.15, 0.2) is 0 Å². The lowest BCUT2D eigenvalue weighted by atomic mass is 9.73. The third-order valence-electron chi connectivity index (χ3n) is 5.64. The average molecular weight is 353 g/mol. The highest BCUT2D eigenvalue weighted by Crippen LogP contribution is 2.37. The molecule has 1 heterocycles. The minimum atomic E-state index is -1.00. The summed E-state index contributed by atoms with van der Waals surface area (Å²) in [7, 11) is 1.69. The van der Waals surface area contributed by atoms with Crippen LogP contribution < -0.4 is 5.32 Å². The Morgan fingerprint density at radius 1 is 1.32 bits per heavy atom. The number of nitrogens with one attached hydrogen (secondary N) is 1. The quantitative estimate of drug-likeness (QED) is 0.885. The first-order chi connectivity index (χ1) is 12.1. The van der Waals surface area contributed by atoms with Crippen LogP contribution in [0, 0.1) is 17.6 Å². The van der Waals surface area contributed by atoms with Crippen molar-refractivity contribution >= 4 is 5.91 Å². The highest BCUT2D eigenvalue weighted by molar-refractivity contribution is 5.88. The molecule has 1 aromatic carbocycles. The van der Waals surface area contributed by atoms with Crippen LogP contribution in [-0.4, -0.2) is 38.9 Å². The molecule has 2 unspecified atom stereocenters. The number of hydrogen-bond acceptors (Lipinski definition) is 3. The molecule has 1 aromatic rings. The van der Waals surface area contributed by atoms with Crippen LogP contribution in [0.15, 0.2) is 18.2 Å². The van der Waals surface area contributed by atoms with Crippen molar-refractivity contribution < 1.29 is 23.0 Å². The third kappa shape index (κ3) is 3.70. The number of methoxy groups -OCH3 is 1. The Hall–Kier alpha value is -1.53. The number of benzene rings is 1. The maximum atomic E-state index is 14.4. The van der Waals surface area contributed by atoms with E-state index in [2.05, 4.69) is 5.32 Å². The summed E-state index contributed by atoms with van der Waals surface area (Å²) >= 11 is 0. The monoisotopic (exact) mass is 353 g/mol. The average Bonchev–Trinajstić information content (AvgIpc) is 3.07. The van der Waals surface area contributed by atoms with Crippen LogP contribution in [0.25, 0.3) is 0 Å². The first-order valence-corrected chi connectivity index (χ1v) is 8.91. The van der Waals surface area contributed by atoms with Gasteiger partial charge in [0.1, 0.15) is 11.6 Å². The molecule has 25 heavy (non-hydrogen) atoms. The predicted octanol–water partition coefficient (Wildman–Crippen LogP) is 2.94. The zero-order chi connectivity index (χ0) is 17.9. The molecular weight excluding hydrogens is 328 g/mol. The first kappa shape index (κ1) is 18.3. The molecule has 0 spiro atoms. The molecule has 1 aliphatic heterocycles. The van der Waals surface area contributed by atoms with Gasteiger partial charge in [0.05, 0.1) is 11.5 Å². The van der Waals surface area contributed by atoms with Gasteiger partial charge in [-0.3, -0.25) is 4.79 Å². The van der Waals surface area contributed by atoms with Crippen molar-refractivity contribution in [2.75, 3.05) is 26.9 Å². The molecule has 0 aromatic heterocycles. The molecule has 6 heteroatoms. The van der Waals surface area contributed by atoms with Crippen molar-refractivity contribution in [1.82, 2.24) is 5.32 Å². The van der Waals surface area contributed by atoms with E-state index in [9.17, 15) is 13.6 Å². The second-order valence-corrected chi connectivity index (χ2v) is 6.99. The standard InChI is InChI=1S/C19H25F2NO3/c1-24-17-4-2-3-13(17)12-22-18(23)19(7-9-25-10-8-19)15-6-5-14(20)11-16(15)21/h5-6,11,13,17H,2-4,7-10,12H2,1H3,(H,22,23). The van der Waals surface area contributed by atoms with Crippen LogP contribution >= 0.6 is 0 Å². The van der Waals surface area contributed by atoms with Gasteiger partial charge in [-0.15, -0.1) is 0 Å². The Kier molecular flexibility index (Phi) is 5.69. The van der Waals surface area contributed by atoms with Crippen LogP contribution in [0.3, 0.4) is 0 Å². The second-order valence-electron chi connectivity index (χ2n) is 6.99. The lowest BCUT2D eigenvalue weighted by Crippen LogP contribution is -2.50. The molecule has 0 bridgehead atoms. The van der Waals surface area contributed by atoms with E-state index in [1.165, 1.54) is 12.1 Å². The third-order valence-corrected chi connectivity index (χ3v) is 5.64. The number of amides is 1. The fourth-order valence-corrected chi connectivity index (χ4v) is 4.16. The Bertz CT molecular complexity index is 617. The summed E-state index contributed by atoms with van der Waals surface area (Å²) in [6.45, 7) is 1.28. The summed E-state index contributed by atoms with van der Waals surface area (Å²) in [6.07, 6.45) is 4.04. The molecule has 1 saturated carbocycles. The highest BCUT2D eigenvalue weighted by atomic mass is 19.1. The number of ether oxygens (including phenoxy) is 2. The van der Waals surface area contributed by atoms with Gasteiger partial charge in [-0.1, -0.05) is 12.5 Å². The Morgan fingerprint density at radius 2 is 2.08 bits per heavy atom. The largest absolute Gasteiger partial charge is 0.381 e. The van der Waals surface area contributed by atoms with E-state index in [0.717, 1.165) is 25.3 Å². The molecule has 2 fully saturated rings. The van der Waals surface area contributed by atoms with Gasteiger partial charge < -0.3 is 14.8 Å². The van der Waals surface area contributed by atoms with Crippen molar-refractivity contribution in [3.05, 3.63) is 35.4 Å². The lowest BCUT2D eigenvalue weighted by Gasteiger charge is -2.37. The first-order valence-electron chi connectivity index (χ1n) is 8.91. The molecule has 2 aliphatic rings. The van der Waals surface area contributed by atoms with E-state index in [4.69, 9.17) is 9.47 Å². The SMILES string of the molecule is COC1CCCC1CNC(=O)C1(c2ccc(F)cc2F)CCOCC1. The summed E-state index contributed by atoms with van der Waals surface area (Å²) in [6, 6.07) is 3.45. The molecule has 4 nitrogen and oxygen atoms in total. The van der Waals surface area contributed by atoms with Crippen molar-refractivity contribution in [2.24, 2.45) is 5.92 Å². The van der Waals surface area contributed by atoms with Crippen LogP contribution in [0.2, 0.25) is 0 Å². The molecule has 138 valence electrons. The second kappa shape index (κ2) is 7.79. The summed E-state index contributed by atoms with van der Waals surface area (Å²) in [5.41, 5.74) is -0.749. The zero-order valence-electron chi connectivity index (χ0n) is 14.5. The fourth-order valence-electron chi connectivity index (χ4n) is 4.16. The van der Waals surface area contributed by atoms with E-state index in [0.29, 0.717) is 32.6 Å². The van der Waals surface area contributed by atoms with E-state index >= 15 is 0 Å². The Morgan fingerprint density at radius 3 is 2.76 bits per heavy atom. The smallest absolute Gasteiger partial charge is 0.230 e. The van der Waals surface area contributed by atoms with Gasteiger partial charge in [0, 0.05) is 44.4 Å². The zero-order valence-corrected chi connectivity index (χ0v) is 14.5. The van der Waals surface area contributed by atoms with Crippen LogP contribution in [-0.2, 0) is 19.7 Å². The maximum Gasteiger partial charge on any atom is 0.230 e. The minimum absolute atomic E-state index is 0.161. The Balaban J connectivity index is 1.79. The highest BCUT2D eigenvalue weighted by Gasteiger charge is 2.44. The number of halogens is 2. The number of carbonyl (C=O) groups is 1. The van der Waals surface area contributed by atoms with Gasteiger partial charge in [0.2, 0.25) is 5.91 Å². The molecule has 1 saturated heterocycles. The van der Waals surface area contributed by atoms with E-state index in [-0.39, 0.29) is 23.5 Å². The predicted molar refractivity (Wildman–Crippen MR) is 89.2 cm³/mol. The molecule has 2 atom stereocenters. The van der Waals surface area contributed by atoms with Crippen LogP contribution in [0.4, 0.5) is 8.78 Å². The van der Waals surface area contributed by atoms with E-state index in [1.807, 2.05) is 0 Å². The molecule has 0 radical (unpaired) electrons. The van der Waals surface area contributed by atoms with Crippen LogP contribution in [0.5, 0.6) is 0 Å². The molecule has 1 N–H and O–H groups in total. The summed E-state index contributed by atoms with van der Waals surface area (Å²) in [4.78, 5) is 13.0. The summed E-state index contributed by atoms with van der Waals surface area (Å²) in [5, 5.41) is 3.00. The van der Waals surface area contributed by atoms with Gasteiger partial charge in [-0.05, 0) is 31.7 Å². The minimum Gasteiger partial charge on any atom is -0.381 e. The van der Waals surface area contributed by atoms with E-state index < -0.39 is 17.0 Å². The van der Waals surface area contributed by atoms with Crippen molar-refractivity contribution in [1.29, 1.82) is 0 Å². The summed E-state index contributed by atoms with van der Waals surface area (Å²) in [5.74, 6) is -1.24. The molecule has 1 amide bonds. The number of rotatable bonds is 5. The molecule has 3 rings (SSSR count). The topological polar surface area (TPSA) is 47.6 Å². The van der Waals surface area contributed by atoms with E-state index in [1.54, 1.807) is 7.11 Å². The number of hydrogen-bond donors (Lipinski definition) is 1. The van der Waals surface area contributed by atoms with Gasteiger partial charge in [-0.25, -0.2) is 8.78 Å². The van der Waals surface area contributed by atoms with Crippen molar-refractivity contribution in [3.8, 4) is 0 Å².